The average Bonchev–Trinajstić information content (AvgIpc) is 2.24. The van der Waals surface area contributed by atoms with Gasteiger partial charge in [-0.2, -0.15) is 0 Å². The van der Waals surface area contributed by atoms with Crippen molar-refractivity contribution in [3.05, 3.63) is 0 Å². The second-order valence-corrected chi connectivity index (χ2v) is 5.36. The normalized spacial score (nSPS) is 12.7. The predicted octanol–water partition coefficient (Wildman–Crippen LogP) is -1.49. The number of sulfonamides is 1. The van der Waals surface area contributed by atoms with Gasteiger partial charge in [0.2, 0.25) is 10.0 Å². The minimum absolute atomic E-state index is 0.201. The summed E-state index contributed by atoms with van der Waals surface area (Å²) in [4.78, 5) is 10.2. The Labute approximate surface area is 94.1 Å². The van der Waals surface area contributed by atoms with Crippen LogP contribution in [0.4, 0.5) is 0 Å². The smallest absolute Gasteiger partial charge is 0.304 e. The number of hydrogen-bond acceptors (Lipinski definition) is 5. The molecule has 0 fully saturated rings. The van der Waals surface area contributed by atoms with E-state index in [2.05, 4.69) is 4.72 Å². The maximum Gasteiger partial charge on any atom is 0.304 e. The molecule has 4 N–H and O–H groups in total. The monoisotopic (exact) mass is 255 g/mol. The number of carboxylic acids is 1. The highest BCUT2D eigenvalue weighted by atomic mass is 32.2. The highest BCUT2D eigenvalue weighted by Crippen LogP contribution is 2.10. The molecule has 96 valence electrons. The zero-order valence-corrected chi connectivity index (χ0v) is 9.83. The Morgan fingerprint density at radius 2 is 1.81 bits per heavy atom. The molecule has 0 saturated carbocycles. The van der Waals surface area contributed by atoms with Gasteiger partial charge in [-0.05, 0) is 6.42 Å². The SMILES string of the molecule is CCC(CO)(CO)NS(=O)(=O)CCC(=O)O. The zero-order chi connectivity index (χ0) is 12.8. The second-order valence-electron chi connectivity index (χ2n) is 3.51. The second kappa shape index (κ2) is 6.14. The third-order valence-electron chi connectivity index (χ3n) is 2.24. The van der Waals surface area contributed by atoms with E-state index in [1.54, 1.807) is 6.92 Å². The van der Waals surface area contributed by atoms with Crippen molar-refractivity contribution in [2.45, 2.75) is 25.3 Å². The fourth-order valence-corrected chi connectivity index (χ4v) is 2.49. The van der Waals surface area contributed by atoms with Crippen LogP contribution < -0.4 is 4.72 Å². The molecule has 0 aliphatic rings. The maximum atomic E-state index is 11.4. The summed E-state index contributed by atoms with van der Waals surface area (Å²) < 4.78 is 25.0. The van der Waals surface area contributed by atoms with Gasteiger partial charge in [-0.1, -0.05) is 6.92 Å². The molecule has 0 atom stereocenters. The van der Waals surface area contributed by atoms with Gasteiger partial charge in [0.1, 0.15) is 0 Å². The summed E-state index contributed by atoms with van der Waals surface area (Å²) in [5, 5.41) is 26.4. The topological polar surface area (TPSA) is 124 Å². The number of aliphatic hydroxyl groups is 2. The van der Waals surface area contributed by atoms with E-state index in [0.29, 0.717) is 0 Å². The molecule has 0 aromatic rings. The van der Waals surface area contributed by atoms with E-state index in [1.165, 1.54) is 0 Å². The maximum absolute atomic E-state index is 11.4. The molecule has 0 aromatic heterocycles. The van der Waals surface area contributed by atoms with Crippen molar-refractivity contribution in [1.82, 2.24) is 4.72 Å². The Bertz CT molecular complexity index is 313. The number of nitrogens with one attached hydrogen (secondary N) is 1. The van der Waals surface area contributed by atoms with Crippen molar-refractivity contribution >= 4 is 16.0 Å². The largest absolute Gasteiger partial charge is 0.481 e. The third kappa shape index (κ3) is 4.88. The molecular weight excluding hydrogens is 238 g/mol. The van der Waals surface area contributed by atoms with Crippen molar-refractivity contribution in [3.63, 3.8) is 0 Å². The van der Waals surface area contributed by atoms with Crippen molar-refractivity contribution in [1.29, 1.82) is 0 Å². The molecule has 0 heterocycles. The van der Waals surface area contributed by atoms with E-state index in [4.69, 9.17) is 15.3 Å². The Balaban J connectivity index is 4.60. The van der Waals surface area contributed by atoms with Gasteiger partial charge in [0, 0.05) is 0 Å². The average molecular weight is 255 g/mol. The number of carboxylic acid groups (broad SMARTS) is 1. The molecule has 0 amide bonds. The lowest BCUT2D eigenvalue weighted by Crippen LogP contribution is -2.54. The number of carbonyl (C=O) groups is 1. The van der Waals surface area contributed by atoms with E-state index < -0.39 is 46.9 Å². The van der Waals surface area contributed by atoms with Crippen LogP contribution in [0.2, 0.25) is 0 Å². The first-order chi connectivity index (χ1) is 7.31. The molecule has 16 heavy (non-hydrogen) atoms. The molecule has 0 bridgehead atoms. The van der Waals surface area contributed by atoms with Crippen LogP contribution >= 0.6 is 0 Å². The van der Waals surface area contributed by atoms with Crippen LogP contribution in [0, 0.1) is 0 Å². The van der Waals surface area contributed by atoms with Crippen molar-refractivity contribution in [2.75, 3.05) is 19.0 Å². The van der Waals surface area contributed by atoms with Crippen LogP contribution in [0.25, 0.3) is 0 Å². The van der Waals surface area contributed by atoms with Crippen LogP contribution in [0.3, 0.4) is 0 Å². The molecule has 0 unspecified atom stereocenters. The van der Waals surface area contributed by atoms with Gasteiger partial charge in [0.25, 0.3) is 0 Å². The van der Waals surface area contributed by atoms with E-state index in [0.717, 1.165) is 0 Å². The van der Waals surface area contributed by atoms with E-state index >= 15 is 0 Å². The highest BCUT2D eigenvalue weighted by Gasteiger charge is 2.31. The molecule has 0 radical (unpaired) electrons. The standard InChI is InChI=1S/C8H17NO6S/c1-2-8(5-10,6-11)9-16(14,15)4-3-7(12)13/h9-11H,2-6H2,1H3,(H,12,13). The summed E-state index contributed by atoms with van der Waals surface area (Å²) in [6, 6.07) is 0. The van der Waals surface area contributed by atoms with Gasteiger partial charge in [-0.15, -0.1) is 0 Å². The Kier molecular flexibility index (Phi) is 5.87. The Morgan fingerprint density at radius 1 is 1.31 bits per heavy atom. The van der Waals surface area contributed by atoms with Crippen molar-refractivity contribution in [3.8, 4) is 0 Å². The van der Waals surface area contributed by atoms with Gasteiger partial charge in [-0.25, -0.2) is 13.1 Å². The fourth-order valence-electron chi connectivity index (χ4n) is 1.01. The zero-order valence-electron chi connectivity index (χ0n) is 9.01. The molecular formula is C8H17NO6S. The van der Waals surface area contributed by atoms with E-state index in [-0.39, 0.29) is 6.42 Å². The third-order valence-corrected chi connectivity index (χ3v) is 3.72. The minimum Gasteiger partial charge on any atom is -0.481 e. The van der Waals surface area contributed by atoms with Crippen LogP contribution in [0.5, 0.6) is 0 Å². The van der Waals surface area contributed by atoms with Gasteiger partial charge in [0.15, 0.2) is 0 Å². The summed E-state index contributed by atoms with van der Waals surface area (Å²) >= 11 is 0. The van der Waals surface area contributed by atoms with Crippen LogP contribution in [0.15, 0.2) is 0 Å². The number of hydrogen-bond donors (Lipinski definition) is 4. The van der Waals surface area contributed by atoms with Crippen LogP contribution in [0.1, 0.15) is 19.8 Å². The summed E-state index contributed by atoms with van der Waals surface area (Å²) in [7, 11) is -3.82. The lowest BCUT2D eigenvalue weighted by Gasteiger charge is -2.29. The predicted molar refractivity (Wildman–Crippen MR) is 56.4 cm³/mol. The molecule has 8 heteroatoms. The van der Waals surface area contributed by atoms with Crippen molar-refractivity contribution in [2.24, 2.45) is 0 Å². The molecule has 0 aliphatic carbocycles. The highest BCUT2D eigenvalue weighted by molar-refractivity contribution is 7.89. The summed E-state index contributed by atoms with van der Waals surface area (Å²) in [6.45, 7) is 0.505. The van der Waals surface area contributed by atoms with Crippen LogP contribution in [-0.2, 0) is 14.8 Å². The summed E-state index contributed by atoms with van der Waals surface area (Å²) in [6.07, 6.45) is -0.321. The van der Waals surface area contributed by atoms with Crippen LogP contribution in [-0.4, -0.2) is 54.2 Å². The quantitative estimate of drug-likeness (QED) is 0.419. The van der Waals surface area contributed by atoms with E-state index in [1.807, 2.05) is 0 Å². The van der Waals surface area contributed by atoms with Crippen molar-refractivity contribution < 1.29 is 28.5 Å². The van der Waals surface area contributed by atoms with Gasteiger partial charge in [0.05, 0.1) is 30.9 Å². The molecule has 0 saturated heterocycles. The molecule has 0 spiro atoms. The lowest BCUT2D eigenvalue weighted by molar-refractivity contribution is -0.136. The molecule has 0 rings (SSSR count). The number of aliphatic hydroxyl groups excluding tert-OH is 2. The first-order valence-electron chi connectivity index (χ1n) is 4.76. The molecule has 0 aromatic carbocycles. The number of rotatable bonds is 8. The minimum atomic E-state index is -3.82. The first-order valence-corrected chi connectivity index (χ1v) is 6.41. The van der Waals surface area contributed by atoms with Gasteiger partial charge >= 0.3 is 5.97 Å². The van der Waals surface area contributed by atoms with Gasteiger partial charge in [-0.3, -0.25) is 4.79 Å². The lowest BCUT2D eigenvalue weighted by atomic mass is 10.0. The molecule has 0 aliphatic heterocycles. The Morgan fingerprint density at radius 3 is 2.12 bits per heavy atom. The molecule has 7 nitrogen and oxygen atoms in total. The Hall–Kier alpha value is -0.700. The number of aliphatic carboxylic acids is 1. The fraction of sp³-hybridized carbons (Fsp3) is 0.875. The first kappa shape index (κ1) is 15.3. The van der Waals surface area contributed by atoms with Gasteiger partial charge < -0.3 is 15.3 Å². The summed E-state index contributed by atoms with van der Waals surface area (Å²) in [5.74, 6) is -1.80. The summed E-state index contributed by atoms with van der Waals surface area (Å²) in [5.41, 5.74) is -1.32. The van der Waals surface area contributed by atoms with E-state index in [9.17, 15) is 13.2 Å².